The van der Waals surface area contributed by atoms with E-state index in [0.29, 0.717) is 11.5 Å². The first-order chi connectivity index (χ1) is 13.6. The van der Waals surface area contributed by atoms with Crippen LogP contribution in [0.25, 0.3) is 17.1 Å². The van der Waals surface area contributed by atoms with Crippen LogP contribution < -0.4 is 5.32 Å². The topological polar surface area (TPSA) is 59.8 Å². The fourth-order valence-corrected chi connectivity index (χ4v) is 3.03. The van der Waals surface area contributed by atoms with Crippen molar-refractivity contribution in [1.29, 1.82) is 0 Å². The van der Waals surface area contributed by atoms with E-state index in [4.69, 9.17) is 0 Å². The average molecular weight is 433 g/mol. The van der Waals surface area contributed by atoms with Crippen molar-refractivity contribution < 1.29 is 4.79 Å². The summed E-state index contributed by atoms with van der Waals surface area (Å²) in [5.74, 6) is 0.375. The summed E-state index contributed by atoms with van der Waals surface area (Å²) < 4.78 is 2.64. The normalized spacial score (nSPS) is 10.6. The number of para-hydroxylation sites is 1. The summed E-state index contributed by atoms with van der Waals surface area (Å²) in [5, 5.41) is 7.32. The van der Waals surface area contributed by atoms with Gasteiger partial charge in [0, 0.05) is 15.7 Å². The van der Waals surface area contributed by atoms with Crippen LogP contribution in [0.1, 0.15) is 16.2 Å². The lowest BCUT2D eigenvalue weighted by Crippen LogP contribution is -2.14. The largest absolute Gasteiger partial charge is 0.319 e. The molecule has 0 aliphatic rings. The van der Waals surface area contributed by atoms with Crippen LogP contribution in [0.4, 0.5) is 5.69 Å². The summed E-state index contributed by atoms with van der Waals surface area (Å²) in [4.78, 5) is 17.3. The Hall–Kier alpha value is -3.25. The van der Waals surface area contributed by atoms with Gasteiger partial charge in [0.25, 0.3) is 5.91 Å². The average Bonchev–Trinajstić information content (AvgIpc) is 3.16. The molecule has 5 nitrogen and oxygen atoms in total. The van der Waals surface area contributed by atoms with Gasteiger partial charge in [-0.25, -0.2) is 9.67 Å². The van der Waals surface area contributed by atoms with Gasteiger partial charge in [0.1, 0.15) is 0 Å². The van der Waals surface area contributed by atoms with E-state index in [-0.39, 0.29) is 11.7 Å². The molecule has 0 aliphatic heterocycles. The predicted octanol–water partition coefficient (Wildman–Crippen LogP) is 5.26. The molecule has 0 saturated carbocycles. The number of aryl methyl sites for hydroxylation is 1. The Bertz CT molecular complexity index is 1100. The molecule has 1 aromatic heterocycles. The van der Waals surface area contributed by atoms with Crippen molar-refractivity contribution in [2.24, 2.45) is 0 Å². The van der Waals surface area contributed by atoms with Crippen LogP contribution in [-0.2, 0) is 0 Å². The van der Waals surface area contributed by atoms with Crippen molar-refractivity contribution in [3.8, 4) is 17.1 Å². The van der Waals surface area contributed by atoms with Crippen molar-refractivity contribution in [3.63, 3.8) is 0 Å². The number of benzene rings is 3. The van der Waals surface area contributed by atoms with E-state index in [0.717, 1.165) is 21.3 Å². The minimum atomic E-state index is -0.356. The number of aromatic nitrogens is 3. The molecule has 0 aliphatic carbocycles. The van der Waals surface area contributed by atoms with E-state index in [1.807, 2.05) is 85.8 Å². The molecule has 4 aromatic rings. The molecule has 0 fully saturated rings. The molecule has 0 bridgehead atoms. The molecular formula is C22H17BrN4O. The molecule has 1 amide bonds. The van der Waals surface area contributed by atoms with Crippen LogP contribution >= 0.6 is 15.9 Å². The summed E-state index contributed by atoms with van der Waals surface area (Å²) in [6.45, 7) is 2.03. The second-order valence-corrected chi connectivity index (χ2v) is 7.25. The highest BCUT2D eigenvalue weighted by atomic mass is 79.9. The van der Waals surface area contributed by atoms with Crippen LogP contribution in [0.3, 0.4) is 0 Å². The third kappa shape index (κ3) is 3.87. The minimum Gasteiger partial charge on any atom is -0.319 e. The predicted molar refractivity (Wildman–Crippen MR) is 114 cm³/mol. The quantitative estimate of drug-likeness (QED) is 0.478. The Kier molecular flexibility index (Phi) is 5.04. The van der Waals surface area contributed by atoms with Crippen molar-refractivity contribution in [1.82, 2.24) is 14.8 Å². The van der Waals surface area contributed by atoms with Gasteiger partial charge in [0.05, 0.1) is 5.69 Å². The Morgan fingerprint density at radius 1 is 0.929 bits per heavy atom. The van der Waals surface area contributed by atoms with E-state index < -0.39 is 0 Å². The number of rotatable bonds is 4. The molecule has 1 N–H and O–H groups in total. The first-order valence-electron chi connectivity index (χ1n) is 8.76. The van der Waals surface area contributed by atoms with E-state index in [1.165, 1.54) is 0 Å². The summed E-state index contributed by atoms with van der Waals surface area (Å²) in [6.07, 6.45) is 0. The molecule has 28 heavy (non-hydrogen) atoms. The Morgan fingerprint density at radius 2 is 1.61 bits per heavy atom. The highest BCUT2D eigenvalue weighted by molar-refractivity contribution is 9.10. The third-order valence-electron chi connectivity index (χ3n) is 4.22. The summed E-state index contributed by atoms with van der Waals surface area (Å²) >= 11 is 3.39. The lowest BCUT2D eigenvalue weighted by atomic mass is 10.1. The van der Waals surface area contributed by atoms with E-state index in [2.05, 4.69) is 31.3 Å². The van der Waals surface area contributed by atoms with Gasteiger partial charge >= 0.3 is 0 Å². The molecule has 0 unspecified atom stereocenters. The Balaban J connectivity index is 1.73. The maximum absolute atomic E-state index is 12.7. The van der Waals surface area contributed by atoms with Gasteiger partial charge in [0.15, 0.2) is 5.82 Å². The first-order valence-corrected chi connectivity index (χ1v) is 9.56. The second kappa shape index (κ2) is 7.78. The minimum absolute atomic E-state index is 0.113. The Morgan fingerprint density at radius 3 is 2.29 bits per heavy atom. The van der Waals surface area contributed by atoms with Gasteiger partial charge in [-0.15, -0.1) is 5.10 Å². The molecule has 0 radical (unpaired) electrons. The molecule has 0 spiro atoms. The lowest BCUT2D eigenvalue weighted by molar-refractivity contribution is 0.101. The van der Waals surface area contributed by atoms with Gasteiger partial charge in [-0.1, -0.05) is 64.0 Å². The van der Waals surface area contributed by atoms with Crippen LogP contribution in [-0.4, -0.2) is 20.7 Å². The zero-order valence-electron chi connectivity index (χ0n) is 15.1. The molecule has 3 aromatic carbocycles. The molecule has 138 valence electrons. The maximum atomic E-state index is 12.7. The van der Waals surface area contributed by atoms with Gasteiger partial charge < -0.3 is 5.32 Å². The van der Waals surface area contributed by atoms with Crippen molar-refractivity contribution in [3.05, 3.63) is 94.7 Å². The molecule has 6 heteroatoms. The van der Waals surface area contributed by atoms with Gasteiger partial charge in [-0.2, -0.15) is 0 Å². The highest BCUT2D eigenvalue weighted by Gasteiger charge is 2.19. The summed E-state index contributed by atoms with van der Waals surface area (Å²) in [7, 11) is 0. The second-order valence-electron chi connectivity index (χ2n) is 6.33. The number of anilines is 1. The number of halogens is 1. The number of carbonyl (C=O) groups excluding carboxylic acids is 1. The number of hydrogen-bond donors (Lipinski definition) is 1. The molecule has 4 rings (SSSR count). The fourth-order valence-electron chi connectivity index (χ4n) is 2.77. The smallest absolute Gasteiger partial charge is 0.295 e. The van der Waals surface area contributed by atoms with Gasteiger partial charge in [-0.05, 0) is 43.3 Å². The van der Waals surface area contributed by atoms with Crippen LogP contribution in [0.2, 0.25) is 0 Å². The van der Waals surface area contributed by atoms with E-state index >= 15 is 0 Å². The zero-order chi connectivity index (χ0) is 19.5. The maximum Gasteiger partial charge on any atom is 0.295 e. The number of carbonyl (C=O) groups is 1. The SMILES string of the molecule is Cc1ccc(-c2nc(C(=O)Nc3ccc(Br)cc3)nn2-c2ccccc2)cc1. The van der Waals surface area contributed by atoms with Gasteiger partial charge in [0.2, 0.25) is 5.82 Å². The zero-order valence-corrected chi connectivity index (χ0v) is 16.7. The lowest BCUT2D eigenvalue weighted by Gasteiger charge is -2.05. The molecular weight excluding hydrogens is 416 g/mol. The van der Waals surface area contributed by atoms with E-state index in [9.17, 15) is 4.79 Å². The van der Waals surface area contributed by atoms with Crippen LogP contribution in [0.15, 0.2) is 83.3 Å². The van der Waals surface area contributed by atoms with E-state index in [1.54, 1.807) is 4.68 Å². The van der Waals surface area contributed by atoms with Crippen molar-refractivity contribution >= 4 is 27.5 Å². The monoisotopic (exact) mass is 432 g/mol. The number of nitrogens with zero attached hydrogens (tertiary/aromatic N) is 3. The molecule has 0 saturated heterocycles. The summed E-state index contributed by atoms with van der Waals surface area (Å²) in [6, 6.07) is 25.0. The van der Waals surface area contributed by atoms with Crippen LogP contribution in [0, 0.1) is 6.92 Å². The first kappa shape index (κ1) is 18.1. The van der Waals surface area contributed by atoms with Gasteiger partial charge in [-0.3, -0.25) is 4.79 Å². The molecule has 1 heterocycles. The third-order valence-corrected chi connectivity index (χ3v) is 4.75. The van der Waals surface area contributed by atoms with Crippen molar-refractivity contribution in [2.75, 3.05) is 5.32 Å². The Labute approximate surface area is 171 Å². The van der Waals surface area contributed by atoms with Crippen LogP contribution in [0.5, 0.6) is 0 Å². The standard InChI is InChI=1S/C22H17BrN4O/c1-15-7-9-16(10-8-15)21-25-20(26-27(21)19-5-3-2-4-6-19)22(28)24-18-13-11-17(23)12-14-18/h2-14H,1H3,(H,24,28). The fraction of sp³-hybridized carbons (Fsp3) is 0.0455. The summed E-state index contributed by atoms with van der Waals surface area (Å²) in [5.41, 5.74) is 3.57. The number of hydrogen-bond acceptors (Lipinski definition) is 3. The number of nitrogens with one attached hydrogen (secondary N) is 1. The highest BCUT2D eigenvalue weighted by Crippen LogP contribution is 2.22. The molecule has 0 atom stereocenters. The number of amides is 1. The van der Waals surface area contributed by atoms with Crippen molar-refractivity contribution in [2.45, 2.75) is 6.92 Å².